The number of nitrogens with zero attached hydrogens (tertiary/aromatic N) is 2. The zero-order valence-electron chi connectivity index (χ0n) is 14.5. The molecule has 4 nitrogen and oxygen atoms in total. The van der Waals surface area contributed by atoms with Gasteiger partial charge in [-0.3, -0.25) is 4.79 Å². The first-order chi connectivity index (χ1) is 12.7. The number of benzene rings is 2. The molecule has 1 aliphatic carbocycles. The fourth-order valence-corrected chi connectivity index (χ4v) is 3.23. The highest BCUT2D eigenvalue weighted by molar-refractivity contribution is 6.01. The molecule has 1 fully saturated rings. The Bertz CT molecular complexity index is 818. The predicted molar refractivity (Wildman–Crippen MR) is 97.0 cm³/mol. The van der Waals surface area contributed by atoms with Gasteiger partial charge in [0.2, 0.25) is 5.91 Å². The molecule has 5 heteroatoms. The summed E-state index contributed by atoms with van der Waals surface area (Å²) in [6, 6.07) is 16.5. The lowest BCUT2D eigenvalue weighted by Gasteiger charge is -2.25. The maximum Gasteiger partial charge on any atom is 0.226 e. The van der Waals surface area contributed by atoms with Gasteiger partial charge in [-0.05, 0) is 24.5 Å². The van der Waals surface area contributed by atoms with E-state index in [-0.39, 0.29) is 30.3 Å². The average molecular weight is 352 g/mol. The quantitative estimate of drug-likeness (QED) is 0.794. The summed E-state index contributed by atoms with van der Waals surface area (Å²) in [7, 11) is 0. The van der Waals surface area contributed by atoms with Crippen molar-refractivity contribution in [2.75, 3.05) is 6.54 Å². The summed E-state index contributed by atoms with van der Waals surface area (Å²) in [5.74, 6) is -0.114. The van der Waals surface area contributed by atoms with E-state index in [1.165, 1.54) is 6.07 Å². The van der Waals surface area contributed by atoms with Crippen molar-refractivity contribution in [2.45, 2.75) is 31.9 Å². The van der Waals surface area contributed by atoms with E-state index in [9.17, 15) is 9.18 Å². The van der Waals surface area contributed by atoms with Gasteiger partial charge >= 0.3 is 0 Å². The largest absolute Gasteiger partial charge is 0.390 e. The first kappa shape index (κ1) is 16.8. The molecule has 0 unspecified atom stereocenters. The van der Waals surface area contributed by atoms with E-state index in [1.807, 2.05) is 30.3 Å². The molecule has 2 aromatic rings. The first-order valence-electron chi connectivity index (χ1n) is 9.01. The van der Waals surface area contributed by atoms with Crippen LogP contribution in [-0.2, 0) is 16.2 Å². The van der Waals surface area contributed by atoms with E-state index in [1.54, 1.807) is 23.1 Å². The van der Waals surface area contributed by atoms with Crippen molar-refractivity contribution < 1.29 is 14.0 Å². The number of carbonyl (C=O) groups excluding carboxylic acids is 1. The van der Waals surface area contributed by atoms with E-state index >= 15 is 0 Å². The van der Waals surface area contributed by atoms with Gasteiger partial charge in [0.25, 0.3) is 0 Å². The second kappa shape index (κ2) is 7.28. The van der Waals surface area contributed by atoms with Gasteiger partial charge in [-0.15, -0.1) is 0 Å². The van der Waals surface area contributed by atoms with Crippen molar-refractivity contribution in [1.82, 2.24) is 4.90 Å². The molecule has 0 N–H and O–H groups in total. The maximum absolute atomic E-state index is 14.0. The standard InChI is InChI=1S/C21H21FN2O2/c22-19-9-5-4-8-17(19)13-24(21(25)16-10-11-16)14-18-12-20(23-26-18)15-6-2-1-3-7-15/h1-9,16,18H,10-14H2/t18-/m0/s1. The van der Waals surface area contributed by atoms with Crippen molar-refractivity contribution in [1.29, 1.82) is 0 Å². The molecule has 4 rings (SSSR count). The molecule has 1 atom stereocenters. The van der Waals surface area contributed by atoms with Crippen LogP contribution in [0.2, 0.25) is 0 Å². The number of amides is 1. The Morgan fingerprint density at radius 1 is 1.12 bits per heavy atom. The zero-order chi connectivity index (χ0) is 17.9. The molecule has 1 aliphatic heterocycles. The van der Waals surface area contributed by atoms with Crippen molar-refractivity contribution in [3.05, 3.63) is 71.5 Å². The second-order valence-electron chi connectivity index (χ2n) is 6.92. The monoisotopic (exact) mass is 352 g/mol. The molecular formula is C21H21FN2O2. The number of rotatable bonds is 6. The van der Waals surface area contributed by atoms with Crippen molar-refractivity contribution >= 4 is 11.6 Å². The third-order valence-corrected chi connectivity index (χ3v) is 4.82. The number of halogens is 1. The van der Waals surface area contributed by atoms with Crippen LogP contribution in [0.25, 0.3) is 0 Å². The number of carbonyl (C=O) groups is 1. The number of oxime groups is 1. The summed E-state index contributed by atoms with van der Waals surface area (Å²) < 4.78 is 14.0. The Kier molecular flexibility index (Phi) is 4.69. The highest BCUT2D eigenvalue weighted by Crippen LogP contribution is 2.32. The van der Waals surface area contributed by atoms with Crippen LogP contribution < -0.4 is 0 Å². The molecule has 2 aliphatic rings. The minimum Gasteiger partial charge on any atom is -0.390 e. The second-order valence-corrected chi connectivity index (χ2v) is 6.92. The van der Waals surface area contributed by atoms with E-state index in [2.05, 4.69) is 5.16 Å². The minimum absolute atomic E-state index is 0.0812. The summed E-state index contributed by atoms with van der Waals surface area (Å²) >= 11 is 0. The molecule has 0 radical (unpaired) electrons. The summed E-state index contributed by atoms with van der Waals surface area (Å²) in [6.07, 6.45) is 2.29. The third kappa shape index (κ3) is 3.77. The highest BCUT2D eigenvalue weighted by Gasteiger charge is 2.36. The van der Waals surface area contributed by atoms with Crippen LogP contribution >= 0.6 is 0 Å². The van der Waals surface area contributed by atoms with Gasteiger partial charge in [0, 0.05) is 24.4 Å². The number of hydrogen-bond acceptors (Lipinski definition) is 3. The van der Waals surface area contributed by atoms with E-state index in [4.69, 9.17) is 4.84 Å². The molecule has 1 amide bonds. The van der Waals surface area contributed by atoms with Gasteiger partial charge < -0.3 is 9.74 Å². The smallest absolute Gasteiger partial charge is 0.226 e. The van der Waals surface area contributed by atoms with Crippen LogP contribution in [0.5, 0.6) is 0 Å². The summed E-state index contributed by atoms with van der Waals surface area (Å²) in [4.78, 5) is 20.0. The van der Waals surface area contributed by atoms with Gasteiger partial charge in [0.05, 0.1) is 12.3 Å². The molecular weight excluding hydrogens is 331 g/mol. The fraction of sp³-hybridized carbons (Fsp3) is 0.333. The molecule has 134 valence electrons. The summed E-state index contributed by atoms with van der Waals surface area (Å²) in [5, 5.41) is 4.19. The maximum atomic E-state index is 14.0. The molecule has 26 heavy (non-hydrogen) atoms. The van der Waals surface area contributed by atoms with Gasteiger partial charge in [-0.25, -0.2) is 4.39 Å². The van der Waals surface area contributed by atoms with Gasteiger partial charge in [0.15, 0.2) is 6.10 Å². The van der Waals surface area contributed by atoms with Crippen LogP contribution in [0.1, 0.15) is 30.4 Å². The Balaban J connectivity index is 1.44. The highest BCUT2D eigenvalue weighted by atomic mass is 19.1. The van der Waals surface area contributed by atoms with E-state index < -0.39 is 0 Å². The Hall–Kier alpha value is -2.69. The lowest BCUT2D eigenvalue weighted by Crippen LogP contribution is -2.38. The van der Waals surface area contributed by atoms with Crippen molar-refractivity contribution in [3.63, 3.8) is 0 Å². The topological polar surface area (TPSA) is 41.9 Å². The van der Waals surface area contributed by atoms with Crippen LogP contribution in [0, 0.1) is 11.7 Å². The van der Waals surface area contributed by atoms with E-state index in [0.717, 1.165) is 24.1 Å². The molecule has 0 aromatic heterocycles. The minimum atomic E-state index is -0.283. The summed E-state index contributed by atoms with van der Waals surface area (Å²) in [6.45, 7) is 0.687. The lowest BCUT2D eigenvalue weighted by molar-refractivity contribution is -0.135. The first-order valence-corrected chi connectivity index (χ1v) is 9.01. The van der Waals surface area contributed by atoms with Crippen LogP contribution in [0.3, 0.4) is 0 Å². The SMILES string of the molecule is O=C(C1CC1)N(Cc1ccccc1F)C[C@@H]1CC(c2ccccc2)=NO1. The van der Waals surface area contributed by atoms with Gasteiger partial charge in [-0.1, -0.05) is 53.7 Å². The van der Waals surface area contributed by atoms with E-state index in [0.29, 0.717) is 18.5 Å². The van der Waals surface area contributed by atoms with Crippen LogP contribution in [0.4, 0.5) is 4.39 Å². The van der Waals surface area contributed by atoms with Crippen molar-refractivity contribution in [3.8, 4) is 0 Å². The van der Waals surface area contributed by atoms with Gasteiger partial charge in [0.1, 0.15) is 5.82 Å². The average Bonchev–Trinajstić information content (AvgIpc) is 3.42. The van der Waals surface area contributed by atoms with Crippen molar-refractivity contribution in [2.24, 2.45) is 11.1 Å². The molecule has 0 bridgehead atoms. The molecule has 0 saturated heterocycles. The third-order valence-electron chi connectivity index (χ3n) is 4.82. The zero-order valence-corrected chi connectivity index (χ0v) is 14.5. The lowest BCUT2D eigenvalue weighted by atomic mass is 10.0. The Morgan fingerprint density at radius 3 is 2.58 bits per heavy atom. The number of hydrogen-bond donors (Lipinski definition) is 0. The molecule has 0 spiro atoms. The normalized spacial score (nSPS) is 19.0. The van der Waals surface area contributed by atoms with Gasteiger partial charge in [-0.2, -0.15) is 0 Å². The Morgan fingerprint density at radius 2 is 1.85 bits per heavy atom. The predicted octanol–water partition coefficient (Wildman–Crippen LogP) is 3.76. The van der Waals surface area contributed by atoms with Crippen LogP contribution in [-0.4, -0.2) is 29.2 Å². The van der Waals surface area contributed by atoms with Crippen LogP contribution in [0.15, 0.2) is 59.8 Å². The Labute approximate surface area is 152 Å². The molecule has 2 aromatic carbocycles. The summed E-state index contributed by atoms with van der Waals surface area (Å²) in [5.41, 5.74) is 2.45. The fourth-order valence-electron chi connectivity index (χ4n) is 3.23. The molecule has 1 saturated carbocycles. The molecule has 1 heterocycles.